The van der Waals surface area contributed by atoms with Crippen LogP contribution in [0, 0.1) is 12.3 Å². The molecule has 1 N–H and O–H groups in total. The molecule has 0 unspecified atom stereocenters. The summed E-state index contributed by atoms with van der Waals surface area (Å²) in [6.07, 6.45) is 6.61. The molecule has 3 rings (SSSR count). The molecule has 2 aromatic carbocycles. The summed E-state index contributed by atoms with van der Waals surface area (Å²) in [5.74, 6) is 2.95. The van der Waals surface area contributed by atoms with Gasteiger partial charge in [0.2, 0.25) is 5.89 Å². The highest BCUT2D eigenvalue weighted by molar-refractivity contribution is 8.03. The summed E-state index contributed by atoms with van der Waals surface area (Å²) >= 11 is 7.06. The van der Waals surface area contributed by atoms with Crippen LogP contribution in [0.15, 0.2) is 44.9 Å². The smallest absolute Gasteiger partial charge is 0.342 e. The van der Waals surface area contributed by atoms with E-state index in [1.165, 1.54) is 33.5 Å². The summed E-state index contributed by atoms with van der Waals surface area (Å²) in [6.45, 7) is 0.000152. The van der Waals surface area contributed by atoms with Crippen molar-refractivity contribution in [1.29, 1.82) is 0 Å². The van der Waals surface area contributed by atoms with Gasteiger partial charge in [0.05, 0.1) is 26.4 Å². The van der Waals surface area contributed by atoms with Crippen LogP contribution in [0.25, 0.3) is 17.5 Å². The van der Waals surface area contributed by atoms with Gasteiger partial charge in [0.25, 0.3) is 5.22 Å². The number of carboxylic acid groups (broad SMARTS) is 1. The molecular weight excluding hydrogens is 484 g/mol. The molecule has 1 aromatic heterocycles. The third-order valence-electron chi connectivity index (χ3n) is 4.26. The van der Waals surface area contributed by atoms with Crippen LogP contribution in [0.1, 0.15) is 5.56 Å². The second kappa shape index (κ2) is 11.4. The number of benzene rings is 2. The Morgan fingerprint density at radius 3 is 2.44 bits per heavy atom. The number of aliphatic carboxylic acids is 1. The average Bonchev–Trinajstić information content (AvgIpc) is 3.30. The fourth-order valence-corrected chi connectivity index (χ4v) is 3.70. The molecule has 0 atom stereocenters. The first-order chi connectivity index (χ1) is 16.4. The molecule has 0 aliphatic heterocycles. The number of hydrogen-bond acceptors (Lipinski definition) is 9. The van der Waals surface area contributed by atoms with Crippen LogP contribution in [-0.4, -0.2) is 49.2 Å². The number of methoxy groups -OCH3 is 3. The van der Waals surface area contributed by atoms with E-state index in [1.807, 2.05) is 0 Å². The Morgan fingerprint density at radius 1 is 1.15 bits per heavy atom. The topological polar surface area (TPSA) is 113 Å². The summed E-state index contributed by atoms with van der Waals surface area (Å²) in [5, 5.41) is 17.9. The molecule has 0 saturated carbocycles. The average molecular weight is 503 g/mol. The molecule has 0 bridgehead atoms. The van der Waals surface area contributed by atoms with Gasteiger partial charge in [0.1, 0.15) is 23.0 Å². The minimum absolute atomic E-state index is 0.000152. The van der Waals surface area contributed by atoms with Gasteiger partial charge in [-0.15, -0.1) is 16.6 Å². The van der Waals surface area contributed by atoms with Gasteiger partial charge in [0, 0.05) is 11.6 Å². The zero-order valence-corrected chi connectivity index (χ0v) is 19.9. The third-order valence-corrected chi connectivity index (χ3v) is 5.40. The number of rotatable bonds is 10. The summed E-state index contributed by atoms with van der Waals surface area (Å²) in [6, 6.07) is 8.18. The molecule has 3 aromatic rings. The van der Waals surface area contributed by atoms with Crippen molar-refractivity contribution in [2.24, 2.45) is 0 Å². The first-order valence-electron chi connectivity index (χ1n) is 9.52. The summed E-state index contributed by atoms with van der Waals surface area (Å²) in [4.78, 5) is 11.8. The largest absolute Gasteiger partial charge is 0.497 e. The van der Waals surface area contributed by atoms with E-state index in [0.717, 1.165) is 11.8 Å². The predicted octanol–water partition coefficient (Wildman–Crippen LogP) is 4.65. The number of thioether (sulfide) groups is 1. The minimum atomic E-state index is -1.20. The van der Waals surface area contributed by atoms with Crippen LogP contribution in [0.2, 0.25) is 5.02 Å². The van der Waals surface area contributed by atoms with Crippen LogP contribution in [-0.2, 0) is 4.79 Å². The zero-order valence-electron chi connectivity index (χ0n) is 18.3. The number of hydrogen-bond donors (Lipinski definition) is 1. The van der Waals surface area contributed by atoms with E-state index in [1.54, 1.807) is 24.3 Å². The molecule has 0 saturated heterocycles. The third kappa shape index (κ3) is 5.95. The number of carboxylic acids is 1. The lowest BCUT2D eigenvalue weighted by molar-refractivity contribution is -0.131. The van der Waals surface area contributed by atoms with E-state index >= 15 is 0 Å². The van der Waals surface area contributed by atoms with E-state index < -0.39 is 5.97 Å². The molecule has 9 nitrogen and oxygen atoms in total. The fraction of sp³-hybridized carbons (Fsp3) is 0.174. The molecule has 0 spiro atoms. The van der Waals surface area contributed by atoms with Crippen LogP contribution >= 0.6 is 23.4 Å². The molecule has 0 aliphatic carbocycles. The summed E-state index contributed by atoms with van der Waals surface area (Å²) < 4.78 is 26.8. The van der Waals surface area contributed by atoms with Crippen molar-refractivity contribution < 1.29 is 33.3 Å². The molecular formula is C23H19ClN2O7S. The zero-order chi connectivity index (χ0) is 24.7. The van der Waals surface area contributed by atoms with Crippen molar-refractivity contribution in [2.75, 3.05) is 27.9 Å². The van der Waals surface area contributed by atoms with Crippen molar-refractivity contribution in [3.8, 4) is 46.8 Å². The maximum Gasteiger partial charge on any atom is 0.342 e. The van der Waals surface area contributed by atoms with Gasteiger partial charge < -0.3 is 28.5 Å². The molecule has 0 amide bonds. The van der Waals surface area contributed by atoms with Crippen molar-refractivity contribution in [2.45, 2.75) is 5.22 Å². The lowest BCUT2D eigenvalue weighted by atomic mass is 10.2. The van der Waals surface area contributed by atoms with Crippen molar-refractivity contribution in [3.63, 3.8) is 0 Å². The monoisotopic (exact) mass is 502 g/mol. The van der Waals surface area contributed by atoms with E-state index in [9.17, 15) is 9.90 Å². The van der Waals surface area contributed by atoms with E-state index in [-0.39, 0.29) is 33.4 Å². The maximum atomic E-state index is 11.9. The number of aromatic nitrogens is 2. The Morgan fingerprint density at radius 2 is 1.85 bits per heavy atom. The number of terminal acetylenes is 1. The molecule has 176 valence electrons. The lowest BCUT2D eigenvalue weighted by Gasteiger charge is -2.12. The number of carbonyl (C=O) groups is 1. The highest BCUT2D eigenvalue weighted by Gasteiger charge is 2.18. The van der Waals surface area contributed by atoms with Crippen molar-refractivity contribution >= 4 is 35.4 Å². The Bertz CT molecular complexity index is 1240. The second-order valence-electron chi connectivity index (χ2n) is 6.42. The summed E-state index contributed by atoms with van der Waals surface area (Å²) in [5.41, 5.74) is 1.01. The van der Waals surface area contributed by atoms with Crippen LogP contribution in [0.4, 0.5) is 0 Å². The van der Waals surface area contributed by atoms with E-state index in [2.05, 4.69) is 16.1 Å². The minimum Gasteiger partial charge on any atom is -0.497 e. The normalized spacial score (nSPS) is 11.0. The Balaban J connectivity index is 1.90. The molecule has 1 heterocycles. The highest BCUT2D eigenvalue weighted by atomic mass is 35.5. The van der Waals surface area contributed by atoms with Gasteiger partial charge in [-0.05, 0) is 47.7 Å². The maximum absolute atomic E-state index is 11.9. The van der Waals surface area contributed by atoms with Crippen LogP contribution < -0.4 is 18.9 Å². The summed E-state index contributed by atoms with van der Waals surface area (Å²) in [7, 11) is 4.47. The van der Waals surface area contributed by atoms with Crippen molar-refractivity contribution in [3.05, 3.63) is 45.8 Å². The first-order valence-corrected chi connectivity index (χ1v) is 10.7. The Kier molecular flexibility index (Phi) is 8.29. The van der Waals surface area contributed by atoms with Crippen LogP contribution in [0.3, 0.4) is 0 Å². The number of halogens is 1. The lowest BCUT2D eigenvalue weighted by Crippen LogP contribution is -1.99. The second-order valence-corrected chi connectivity index (χ2v) is 7.82. The van der Waals surface area contributed by atoms with E-state index in [4.69, 9.17) is 41.4 Å². The van der Waals surface area contributed by atoms with Gasteiger partial charge in [-0.3, -0.25) is 0 Å². The number of nitrogens with zero attached hydrogens (tertiary/aromatic N) is 2. The van der Waals surface area contributed by atoms with Gasteiger partial charge >= 0.3 is 5.97 Å². The van der Waals surface area contributed by atoms with Crippen molar-refractivity contribution in [1.82, 2.24) is 10.2 Å². The highest BCUT2D eigenvalue weighted by Crippen LogP contribution is 2.38. The standard InChI is InChI=1S/C23H19ClN2O7S/c1-5-6-32-20-17(24)7-13(8-18(20)31-4)9-19(22(27)28)34-23-26-25-21(33-23)14-10-15(29-2)12-16(11-14)30-3/h1,7-12H,6H2,2-4H3,(H,27,28)/b19-9-. The SMILES string of the molecule is C#CCOc1c(Cl)cc(/C=C(\Sc2nnc(-c3cc(OC)cc(OC)c3)o2)C(=O)O)cc1OC. The molecule has 0 fully saturated rings. The van der Waals surface area contributed by atoms with Crippen LogP contribution in [0.5, 0.6) is 23.0 Å². The molecule has 11 heteroatoms. The molecule has 0 radical (unpaired) electrons. The molecule has 34 heavy (non-hydrogen) atoms. The fourth-order valence-electron chi connectivity index (χ4n) is 2.76. The van der Waals surface area contributed by atoms with Gasteiger partial charge in [-0.2, -0.15) is 0 Å². The first kappa shape index (κ1) is 24.8. The molecule has 0 aliphatic rings. The Hall–Kier alpha value is -3.81. The van der Waals surface area contributed by atoms with Gasteiger partial charge in [-0.1, -0.05) is 17.5 Å². The Labute approximate surface area is 204 Å². The van der Waals surface area contributed by atoms with E-state index in [0.29, 0.717) is 28.4 Å². The number of ether oxygens (including phenoxy) is 4. The quantitative estimate of drug-likeness (QED) is 0.239. The van der Waals surface area contributed by atoms with Gasteiger partial charge in [-0.25, -0.2) is 4.79 Å². The van der Waals surface area contributed by atoms with Gasteiger partial charge in [0.15, 0.2) is 11.5 Å². The predicted molar refractivity (Wildman–Crippen MR) is 127 cm³/mol.